The Hall–Kier alpha value is -6.52. The van der Waals surface area contributed by atoms with Gasteiger partial charge >= 0.3 is 0 Å². The van der Waals surface area contributed by atoms with Crippen molar-refractivity contribution in [2.75, 3.05) is 0 Å². The first-order valence-electron chi connectivity index (χ1n) is 27.5. The summed E-state index contributed by atoms with van der Waals surface area (Å²) in [6, 6.07) is 43.0. The summed E-state index contributed by atoms with van der Waals surface area (Å²) < 4.78 is 77.2. The number of pyridine rings is 4. The molecular weight excluding hydrogens is 813 g/mol. The highest BCUT2D eigenvalue weighted by Crippen LogP contribution is 2.28. The molecule has 0 atom stereocenters. The van der Waals surface area contributed by atoms with Crippen LogP contribution in [-0.4, -0.2) is 0 Å². The number of aromatic nitrogens is 4. The Morgan fingerprint density at radius 3 is 1.22 bits per heavy atom. The summed E-state index contributed by atoms with van der Waals surface area (Å²) in [7, 11) is 7.90. The molecule has 8 aromatic rings. The number of rotatable bonds is 4. The van der Waals surface area contributed by atoms with Gasteiger partial charge < -0.3 is 0 Å². The van der Waals surface area contributed by atoms with Gasteiger partial charge in [-0.3, -0.25) is 0 Å². The van der Waals surface area contributed by atoms with Gasteiger partial charge in [-0.2, -0.15) is 18.3 Å². The molecule has 0 unspecified atom stereocenters. The first-order chi connectivity index (χ1) is 35.3. The maximum absolute atomic E-state index is 7.79. The molecule has 4 aromatic heterocycles. The summed E-state index contributed by atoms with van der Waals surface area (Å²) in [6.45, 7) is 17.8. The van der Waals surface area contributed by atoms with Gasteiger partial charge in [0.15, 0.2) is 22.8 Å². The van der Waals surface area contributed by atoms with Crippen molar-refractivity contribution in [2.45, 2.75) is 104 Å². The smallest absolute Gasteiger partial charge is 0.199 e. The number of nitrogens with zero attached hydrogens (tertiary/aromatic N) is 4. The number of hydrogen-bond donors (Lipinski definition) is 0. The highest BCUT2D eigenvalue weighted by molar-refractivity contribution is 5.66. The molecule has 4 nitrogen and oxygen atoms in total. The minimum Gasteiger partial charge on any atom is -0.199 e. The first kappa shape index (κ1) is 39.6. The normalized spacial score (nSPS) is 13.2. The SMILES string of the molecule is Cc1cc(C)[n+](C)c(-c2ccccc2C)c1.[2H]C([2H])([2H])c1c(C)c(C)c(-c2ccccc2C)[n+](C)c1C.[2H]C([2H])([2H])c1c(C)cc(-c2ccccc2C)[n+](C)c1C.[2H]C([2H])([2H])c1ccc(-c2ccccc2C)[n+](C)c1C. The van der Waals surface area contributed by atoms with E-state index in [2.05, 4.69) is 126 Å². The molecule has 0 aliphatic carbocycles. The largest absolute Gasteiger partial charge is 0.215 e. The summed E-state index contributed by atoms with van der Waals surface area (Å²) in [5.41, 5.74) is 23.1. The van der Waals surface area contributed by atoms with E-state index in [1.807, 2.05) is 125 Å². The number of hydrogen-bond acceptors (Lipinski definition) is 0. The third-order valence-electron chi connectivity index (χ3n) is 13.5. The summed E-state index contributed by atoms with van der Waals surface area (Å²) >= 11 is 0. The van der Waals surface area contributed by atoms with Crippen molar-refractivity contribution in [2.24, 2.45) is 28.2 Å². The van der Waals surface area contributed by atoms with Crippen LogP contribution >= 0.6 is 0 Å². The molecule has 0 saturated heterocycles. The Morgan fingerprint density at radius 2 is 0.746 bits per heavy atom. The lowest BCUT2D eigenvalue weighted by Crippen LogP contribution is -2.37. The van der Waals surface area contributed by atoms with Crippen LogP contribution in [-0.2, 0) is 28.2 Å². The molecule has 0 spiro atoms. The lowest BCUT2D eigenvalue weighted by atomic mass is 9.95. The topological polar surface area (TPSA) is 15.5 Å². The van der Waals surface area contributed by atoms with Crippen molar-refractivity contribution >= 4 is 0 Å². The third-order valence-corrected chi connectivity index (χ3v) is 13.5. The van der Waals surface area contributed by atoms with Crippen LogP contribution in [0.3, 0.4) is 0 Å². The molecule has 0 aliphatic rings. The van der Waals surface area contributed by atoms with E-state index in [0.29, 0.717) is 16.7 Å². The molecule has 0 radical (unpaired) electrons. The summed E-state index contributed by atoms with van der Waals surface area (Å²) in [6.07, 6.45) is 0. The van der Waals surface area contributed by atoms with E-state index < -0.39 is 20.6 Å². The molecule has 0 amide bonds. The average molecular weight is 900 g/mol. The lowest BCUT2D eigenvalue weighted by Gasteiger charge is -2.13. The van der Waals surface area contributed by atoms with E-state index in [9.17, 15) is 0 Å². The van der Waals surface area contributed by atoms with Gasteiger partial charge in [0.2, 0.25) is 22.8 Å². The zero-order valence-electron chi connectivity index (χ0n) is 51.9. The summed E-state index contributed by atoms with van der Waals surface area (Å²) in [5.74, 6) is 0. The highest BCUT2D eigenvalue weighted by Gasteiger charge is 2.23. The van der Waals surface area contributed by atoms with Crippen LogP contribution in [0, 0.1) is 104 Å². The van der Waals surface area contributed by atoms with Gasteiger partial charge in [-0.05, 0) is 145 Å². The highest BCUT2D eigenvalue weighted by atomic mass is 15.0. The quantitative estimate of drug-likeness (QED) is 0.156. The van der Waals surface area contributed by atoms with E-state index in [0.717, 1.165) is 67.5 Å². The lowest BCUT2D eigenvalue weighted by molar-refractivity contribution is -0.667. The second kappa shape index (κ2) is 22.3. The molecule has 0 saturated carbocycles. The van der Waals surface area contributed by atoms with E-state index in [-0.39, 0.29) is 0 Å². The molecule has 0 fully saturated rings. The van der Waals surface area contributed by atoms with Crippen molar-refractivity contribution in [3.8, 4) is 45.0 Å². The second-order valence-electron chi connectivity index (χ2n) is 18.0. The predicted octanol–water partition coefficient (Wildman–Crippen LogP) is 13.3. The molecule has 346 valence electrons. The maximum atomic E-state index is 7.79. The van der Waals surface area contributed by atoms with Gasteiger partial charge in [-0.1, -0.05) is 72.8 Å². The van der Waals surface area contributed by atoms with Crippen molar-refractivity contribution in [1.82, 2.24) is 0 Å². The molecule has 4 aromatic carbocycles. The number of aryl methyl sites for hydroxylation is 8. The Morgan fingerprint density at radius 1 is 0.313 bits per heavy atom. The van der Waals surface area contributed by atoms with Crippen LogP contribution in [0.15, 0.2) is 127 Å². The number of benzene rings is 4. The van der Waals surface area contributed by atoms with Crippen LogP contribution in [0.1, 0.15) is 96.3 Å². The Kier molecular flexibility index (Phi) is 13.2. The second-order valence-corrected chi connectivity index (χ2v) is 18.0. The monoisotopic (exact) mass is 900 g/mol. The standard InChI is InChI=1S/C17H22N.C16H20N.2C15H18N/c1-11-9-7-8-10-16(11)17-14(4)12(2)13(3)15(5)18(17)6;1-11-8-6-7-9-15(11)16-10-12(2)13(3)14(4)17(16)5;1-11-9-13(3)16(4)15(10-11)14-8-6-5-7-12(14)2;1-11-9-10-15(16(4)13(11)3)14-8-6-5-7-12(14)2/h7-10H,1-6H3;6-10H,1-5H3;2*5-10H,1-4H3/q4*+1/i2*3D3;;1D3. The molecule has 0 N–H and O–H groups in total. The van der Waals surface area contributed by atoms with Gasteiger partial charge in [0.05, 0.1) is 0 Å². The fraction of sp³-hybridized carbons (Fsp3) is 0.302. The van der Waals surface area contributed by atoms with E-state index >= 15 is 0 Å². The summed E-state index contributed by atoms with van der Waals surface area (Å²) in [5, 5.41) is 0. The fourth-order valence-electron chi connectivity index (χ4n) is 8.55. The van der Waals surface area contributed by atoms with Gasteiger partial charge in [-0.25, -0.2) is 0 Å². The zero-order chi connectivity index (χ0) is 56.9. The van der Waals surface area contributed by atoms with Crippen LogP contribution < -0.4 is 18.3 Å². The zero-order valence-corrected chi connectivity index (χ0v) is 42.9. The maximum Gasteiger partial charge on any atom is 0.215 e. The van der Waals surface area contributed by atoms with Crippen LogP contribution in [0.5, 0.6) is 0 Å². The molecular formula is C63H78N4+4. The van der Waals surface area contributed by atoms with Crippen LogP contribution in [0.4, 0.5) is 0 Å². The molecule has 0 bridgehead atoms. The Balaban J connectivity index is 0.000000188. The van der Waals surface area contributed by atoms with E-state index in [1.54, 1.807) is 6.07 Å². The van der Waals surface area contributed by atoms with Gasteiger partial charge in [0.1, 0.15) is 28.2 Å². The van der Waals surface area contributed by atoms with Gasteiger partial charge in [0, 0.05) is 109 Å². The molecule has 0 aliphatic heterocycles. The molecule has 4 heterocycles. The minimum absolute atomic E-state index is 0.410. The fourth-order valence-corrected chi connectivity index (χ4v) is 8.55. The van der Waals surface area contributed by atoms with Gasteiger partial charge in [0.25, 0.3) is 0 Å². The average Bonchev–Trinajstić information content (AvgIpc) is 3.32. The minimum atomic E-state index is -2.08. The third kappa shape index (κ3) is 11.5. The Bertz CT molecular complexity index is 3370. The molecule has 4 heteroatoms. The predicted molar refractivity (Wildman–Crippen MR) is 283 cm³/mol. The summed E-state index contributed by atoms with van der Waals surface area (Å²) in [4.78, 5) is 0. The molecule has 8 rings (SSSR count). The van der Waals surface area contributed by atoms with E-state index in [4.69, 9.17) is 12.3 Å². The van der Waals surface area contributed by atoms with E-state index in [1.165, 1.54) is 44.8 Å². The van der Waals surface area contributed by atoms with Gasteiger partial charge in [-0.15, -0.1) is 0 Å². The van der Waals surface area contributed by atoms with Crippen molar-refractivity contribution in [3.05, 3.63) is 211 Å². The van der Waals surface area contributed by atoms with Crippen LogP contribution in [0.25, 0.3) is 45.0 Å². The van der Waals surface area contributed by atoms with Crippen LogP contribution in [0.2, 0.25) is 0 Å². The first-order valence-corrected chi connectivity index (χ1v) is 23.0. The Labute approximate surface area is 417 Å². The van der Waals surface area contributed by atoms with Crippen molar-refractivity contribution in [3.63, 3.8) is 0 Å². The molecule has 67 heavy (non-hydrogen) atoms. The van der Waals surface area contributed by atoms with Crippen molar-refractivity contribution < 1.29 is 30.6 Å². The van der Waals surface area contributed by atoms with Crippen molar-refractivity contribution in [1.29, 1.82) is 0 Å².